The maximum absolute atomic E-state index is 12.8. The molecular formula is C27H41N5O7. The lowest BCUT2D eigenvalue weighted by Crippen LogP contribution is -2.55. The molecule has 0 radical (unpaired) electrons. The second kappa shape index (κ2) is 16.1. The van der Waals surface area contributed by atoms with Crippen LogP contribution in [0.25, 0.3) is 0 Å². The second-order valence-corrected chi connectivity index (χ2v) is 10.1. The van der Waals surface area contributed by atoms with Crippen molar-refractivity contribution in [2.45, 2.75) is 85.5 Å². The summed E-state index contributed by atoms with van der Waals surface area (Å²) in [7, 11) is 0. The van der Waals surface area contributed by atoms with Gasteiger partial charge in [0.2, 0.25) is 29.5 Å². The third-order valence-corrected chi connectivity index (χ3v) is 5.58. The van der Waals surface area contributed by atoms with E-state index >= 15 is 0 Å². The summed E-state index contributed by atoms with van der Waals surface area (Å²) in [6.45, 7) is 10.4. The van der Waals surface area contributed by atoms with Crippen LogP contribution < -0.4 is 27.0 Å². The average Bonchev–Trinajstić information content (AvgIpc) is 2.85. The van der Waals surface area contributed by atoms with Gasteiger partial charge in [-0.05, 0) is 43.9 Å². The molecule has 39 heavy (non-hydrogen) atoms. The highest BCUT2D eigenvalue weighted by atomic mass is 16.5. The lowest BCUT2D eigenvalue weighted by atomic mass is 10.1. The number of hydrogen-bond acceptors (Lipinski definition) is 7. The molecule has 0 spiro atoms. The molecule has 3 atom stereocenters. The Hall–Kier alpha value is -3.96. The van der Waals surface area contributed by atoms with Gasteiger partial charge in [0.15, 0.2) is 0 Å². The van der Waals surface area contributed by atoms with Gasteiger partial charge in [-0.25, -0.2) is 0 Å². The van der Waals surface area contributed by atoms with Crippen LogP contribution in [-0.4, -0.2) is 53.6 Å². The molecule has 0 aliphatic carbocycles. The summed E-state index contributed by atoms with van der Waals surface area (Å²) < 4.78 is 5.16. The molecule has 0 aliphatic heterocycles. The highest BCUT2D eigenvalue weighted by Crippen LogP contribution is 2.12. The second-order valence-electron chi connectivity index (χ2n) is 10.1. The van der Waals surface area contributed by atoms with Gasteiger partial charge in [0.1, 0.15) is 24.7 Å². The van der Waals surface area contributed by atoms with Gasteiger partial charge in [-0.1, -0.05) is 39.8 Å². The molecule has 12 nitrogen and oxygen atoms in total. The first-order valence-electron chi connectivity index (χ1n) is 12.9. The number of hydrogen-bond donors (Lipinski definition) is 5. The Bertz CT molecular complexity index is 1020. The van der Waals surface area contributed by atoms with Crippen LogP contribution in [0.5, 0.6) is 0 Å². The van der Waals surface area contributed by atoms with Crippen LogP contribution in [0.15, 0.2) is 24.3 Å². The van der Waals surface area contributed by atoms with E-state index in [1.807, 2.05) is 13.8 Å². The van der Waals surface area contributed by atoms with Gasteiger partial charge < -0.3 is 31.7 Å². The molecule has 1 rings (SSSR count). The topological polar surface area (TPSA) is 186 Å². The van der Waals surface area contributed by atoms with E-state index in [9.17, 15) is 28.8 Å². The minimum Gasteiger partial charge on any atom is -0.461 e. The van der Waals surface area contributed by atoms with Crippen molar-refractivity contribution in [1.82, 2.24) is 16.0 Å². The van der Waals surface area contributed by atoms with Crippen molar-refractivity contribution in [3.63, 3.8) is 0 Å². The SMILES string of the molecule is CC(C)CCC(=O)N[C@@H](C)C(=O)N[C@@H](C)C(=O)N[C@@H](CC(N)=O)C(=O)Nc1ccc(COC(=O)C(C)C)cc1. The fourth-order valence-electron chi connectivity index (χ4n) is 3.14. The Morgan fingerprint density at radius 1 is 0.795 bits per heavy atom. The Labute approximate surface area is 229 Å². The summed E-state index contributed by atoms with van der Waals surface area (Å²) >= 11 is 0. The van der Waals surface area contributed by atoms with Crippen LogP contribution in [0.2, 0.25) is 0 Å². The van der Waals surface area contributed by atoms with E-state index in [4.69, 9.17) is 10.5 Å². The van der Waals surface area contributed by atoms with Gasteiger partial charge in [0.25, 0.3) is 0 Å². The number of primary amides is 1. The molecule has 0 saturated carbocycles. The maximum Gasteiger partial charge on any atom is 0.308 e. The standard InChI is InChI=1S/C27H41N5O7/c1-15(2)7-12-23(34)29-17(5)24(35)30-18(6)25(36)32-21(13-22(28)33)26(37)31-20-10-8-19(9-11-20)14-39-27(38)16(3)4/h8-11,15-18,21H,7,12-14H2,1-6H3,(H2,28,33)(H,29,34)(H,30,35)(H,31,37)(H,32,36)/t17-,18-,21-/m0/s1. The zero-order valence-corrected chi connectivity index (χ0v) is 23.5. The van der Waals surface area contributed by atoms with Gasteiger partial charge in [-0.15, -0.1) is 0 Å². The first-order valence-corrected chi connectivity index (χ1v) is 12.9. The quantitative estimate of drug-likeness (QED) is 0.204. The first kappa shape index (κ1) is 33.1. The van der Waals surface area contributed by atoms with Crippen molar-refractivity contribution < 1.29 is 33.5 Å². The smallest absolute Gasteiger partial charge is 0.308 e. The van der Waals surface area contributed by atoms with E-state index in [-0.39, 0.29) is 30.8 Å². The summed E-state index contributed by atoms with van der Waals surface area (Å²) in [5, 5.41) is 10.1. The number of carbonyl (C=O) groups excluding carboxylic acids is 6. The van der Waals surface area contributed by atoms with Crippen molar-refractivity contribution in [2.75, 3.05) is 5.32 Å². The molecule has 216 valence electrons. The Balaban J connectivity index is 2.70. The van der Waals surface area contributed by atoms with E-state index in [1.165, 1.54) is 13.8 Å². The summed E-state index contributed by atoms with van der Waals surface area (Å²) in [5.41, 5.74) is 6.35. The number of amides is 5. The highest BCUT2D eigenvalue weighted by Gasteiger charge is 2.27. The third-order valence-electron chi connectivity index (χ3n) is 5.58. The Kier molecular flexibility index (Phi) is 13.7. The van der Waals surface area contributed by atoms with Crippen molar-refractivity contribution in [3.05, 3.63) is 29.8 Å². The Morgan fingerprint density at radius 3 is 1.90 bits per heavy atom. The van der Waals surface area contributed by atoms with E-state index in [0.29, 0.717) is 23.6 Å². The van der Waals surface area contributed by atoms with Gasteiger partial charge in [-0.3, -0.25) is 28.8 Å². The first-order chi connectivity index (χ1) is 18.2. The minimum absolute atomic E-state index is 0.0788. The molecule has 6 N–H and O–H groups in total. The summed E-state index contributed by atoms with van der Waals surface area (Å²) in [4.78, 5) is 73.1. The molecular weight excluding hydrogens is 506 g/mol. The molecule has 0 aromatic heterocycles. The van der Waals surface area contributed by atoms with E-state index in [2.05, 4.69) is 21.3 Å². The predicted molar refractivity (Wildman–Crippen MR) is 145 cm³/mol. The predicted octanol–water partition coefficient (Wildman–Crippen LogP) is 1.13. The number of esters is 1. The monoisotopic (exact) mass is 547 g/mol. The largest absolute Gasteiger partial charge is 0.461 e. The van der Waals surface area contributed by atoms with Crippen molar-refractivity contribution in [3.8, 4) is 0 Å². The van der Waals surface area contributed by atoms with Crippen LogP contribution in [0, 0.1) is 11.8 Å². The summed E-state index contributed by atoms with van der Waals surface area (Å²) in [6, 6.07) is 3.24. The average molecular weight is 548 g/mol. The van der Waals surface area contributed by atoms with E-state index in [1.54, 1.807) is 38.1 Å². The van der Waals surface area contributed by atoms with E-state index in [0.717, 1.165) is 0 Å². The summed E-state index contributed by atoms with van der Waals surface area (Å²) in [6.07, 6.45) is 0.494. The molecule has 12 heteroatoms. The molecule has 0 heterocycles. The molecule has 0 saturated heterocycles. The number of anilines is 1. The number of nitrogens with one attached hydrogen (secondary N) is 4. The zero-order chi connectivity index (χ0) is 29.7. The van der Waals surface area contributed by atoms with Crippen LogP contribution in [0.4, 0.5) is 5.69 Å². The highest BCUT2D eigenvalue weighted by molar-refractivity contribution is 6.00. The number of rotatable bonds is 15. The van der Waals surface area contributed by atoms with Crippen LogP contribution in [0.3, 0.4) is 0 Å². The Morgan fingerprint density at radius 2 is 1.36 bits per heavy atom. The van der Waals surface area contributed by atoms with Crippen molar-refractivity contribution in [1.29, 1.82) is 0 Å². The maximum atomic E-state index is 12.8. The molecule has 0 bridgehead atoms. The van der Waals surface area contributed by atoms with Crippen molar-refractivity contribution >= 4 is 41.2 Å². The van der Waals surface area contributed by atoms with Gasteiger partial charge in [0, 0.05) is 12.1 Å². The molecule has 1 aromatic rings. The number of nitrogens with two attached hydrogens (primary N) is 1. The number of ether oxygens (including phenoxy) is 1. The molecule has 0 aliphatic rings. The minimum atomic E-state index is -1.30. The van der Waals surface area contributed by atoms with E-state index < -0.39 is 48.2 Å². The van der Waals surface area contributed by atoms with Gasteiger partial charge in [0.05, 0.1) is 12.3 Å². The molecule has 0 fully saturated rings. The normalized spacial score (nSPS) is 13.1. The molecule has 5 amide bonds. The summed E-state index contributed by atoms with van der Waals surface area (Å²) in [5.74, 6) is -3.31. The van der Waals surface area contributed by atoms with Crippen LogP contribution >= 0.6 is 0 Å². The lowest BCUT2D eigenvalue weighted by Gasteiger charge is -2.22. The fraction of sp³-hybridized carbons (Fsp3) is 0.556. The van der Waals surface area contributed by atoms with Gasteiger partial charge in [-0.2, -0.15) is 0 Å². The lowest BCUT2D eigenvalue weighted by molar-refractivity contribution is -0.148. The fourth-order valence-corrected chi connectivity index (χ4v) is 3.14. The zero-order valence-electron chi connectivity index (χ0n) is 23.5. The molecule has 0 unspecified atom stereocenters. The van der Waals surface area contributed by atoms with Gasteiger partial charge >= 0.3 is 5.97 Å². The number of carbonyl (C=O) groups is 6. The third kappa shape index (κ3) is 12.9. The van der Waals surface area contributed by atoms with Crippen LogP contribution in [-0.2, 0) is 40.1 Å². The van der Waals surface area contributed by atoms with Crippen molar-refractivity contribution in [2.24, 2.45) is 17.6 Å². The van der Waals surface area contributed by atoms with Crippen LogP contribution in [0.1, 0.15) is 66.4 Å². The number of benzene rings is 1. The molecule has 1 aromatic carbocycles.